The van der Waals surface area contributed by atoms with Crippen molar-refractivity contribution in [3.8, 4) is 0 Å². The van der Waals surface area contributed by atoms with Gasteiger partial charge >= 0.3 is 6.18 Å². The van der Waals surface area contributed by atoms with E-state index in [9.17, 15) is 18.0 Å². The molecule has 5 nitrogen and oxygen atoms in total. The highest BCUT2D eigenvalue weighted by Crippen LogP contribution is 2.34. The second kappa shape index (κ2) is 9.57. The summed E-state index contributed by atoms with van der Waals surface area (Å²) >= 11 is 6.06. The lowest BCUT2D eigenvalue weighted by Gasteiger charge is -2.33. The maximum absolute atomic E-state index is 12.8. The van der Waals surface area contributed by atoms with Gasteiger partial charge in [-0.3, -0.25) is 4.79 Å². The molecular weight excluding hydrogens is 441 g/mol. The molecule has 2 aliphatic heterocycles. The highest BCUT2D eigenvalue weighted by Gasteiger charge is 2.33. The number of aromatic nitrogens is 1. The Hall–Kier alpha value is -2.48. The summed E-state index contributed by atoms with van der Waals surface area (Å²) in [6, 6.07) is 11.2. The van der Waals surface area contributed by atoms with Crippen molar-refractivity contribution >= 4 is 29.0 Å². The summed E-state index contributed by atoms with van der Waals surface area (Å²) in [5.74, 6) is 0.709. The summed E-state index contributed by atoms with van der Waals surface area (Å²) < 4.78 is 38.4. The number of para-hydroxylation sites is 1. The number of hydrogen-bond donors (Lipinski definition) is 1. The number of nitrogens with one attached hydrogen (secondary N) is 1. The number of carbonyl (C=O) groups excluding carboxylic acids is 1. The number of hydrogen-bond acceptors (Lipinski definition) is 4. The molecule has 1 unspecified atom stereocenters. The summed E-state index contributed by atoms with van der Waals surface area (Å²) in [7, 11) is 0. The third-order valence-electron chi connectivity index (χ3n) is 6.29. The Labute approximate surface area is 190 Å². The fourth-order valence-electron chi connectivity index (χ4n) is 4.43. The Balaban J connectivity index is 1.24. The summed E-state index contributed by atoms with van der Waals surface area (Å²) in [5, 5.41) is 3.08. The second-order valence-corrected chi connectivity index (χ2v) is 8.88. The van der Waals surface area contributed by atoms with Crippen LogP contribution in [0.25, 0.3) is 0 Å². The molecule has 2 fully saturated rings. The van der Waals surface area contributed by atoms with Crippen LogP contribution < -0.4 is 15.1 Å². The zero-order chi connectivity index (χ0) is 22.7. The summed E-state index contributed by atoms with van der Waals surface area (Å²) in [4.78, 5) is 20.8. The van der Waals surface area contributed by atoms with Crippen molar-refractivity contribution in [2.24, 2.45) is 11.8 Å². The molecule has 0 aliphatic carbocycles. The van der Waals surface area contributed by atoms with E-state index in [1.807, 2.05) is 23.1 Å². The zero-order valence-corrected chi connectivity index (χ0v) is 18.4. The first kappa shape index (κ1) is 22.7. The van der Waals surface area contributed by atoms with Gasteiger partial charge in [-0.15, -0.1) is 0 Å². The number of benzene rings is 1. The molecule has 1 N–H and O–H groups in total. The molecular formula is C23H26ClF3N4O. The molecule has 0 spiro atoms. The second-order valence-electron chi connectivity index (χ2n) is 8.47. The zero-order valence-electron chi connectivity index (χ0n) is 17.6. The molecule has 0 saturated carbocycles. The largest absolute Gasteiger partial charge is 0.417 e. The summed E-state index contributed by atoms with van der Waals surface area (Å²) in [5.41, 5.74) is 0.350. The van der Waals surface area contributed by atoms with Gasteiger partial charge < -0.3 is 15.1 Å². The minimum absolute atomic E-state index is 0.0214. The normalized spacial score (nSPS) is 19.9. The molecule has 2 aromatic rings. The number of nitrogens with zero attached hydrogens (tertiary/aromatic N) is 3. The van der Waals surface area contributed by atoms with E-state index in [1.165, 1.54) is 5.69 Å². The van der Waals surface area contributed by atoms with E-state index < -0.39 is 11.7 Å². The maximum Gasteiger partial charge on any atom is 0.417 e. The average molecular weight is 467 g/mol. The number of amides is 1. The number of alkyl halides is 3. The minimum Gasteiger partial charge on any atom is -0.371 e. The maximum atomic E-state index is 12.8. The van der Waals surface area contributed by atoms with Gasteiger partial charge in [0, 0.05) is 50.5 Å². The first-order chi connectivity index (χ1) is 15.3. The molecule has 0 bridgehead atoms. The highest BCUT2D eigenvalue weighted by atomic mass is 35.5. The number of halogens is 4. The highest BCUT2D eigenvalue weighted by molar-refractivity contribution is 6.33. The smallest absolute Gasteiger partial charge is 0.371 e. The van der Waals surface area contributed by atoms with Gasteiger partial charge in [0.1, 0.15) is 5.82 Å². The van der Waals surface area contributed by atoms with Crippen molar-refractivity contribution in [1.82, 2.24) is 10.3 Å². The van der Waals surface area contributed by atoms with Crippen LogP contribution in [-0.2, 0) is 11.0 Å². The van der Waals surface area contributed by atoms with Gasteiger partial charge in [0.05, 0.1) is 10.6 Å². The van der Waals surface area contributed by atoms with E-state index in [-0.39, 0.29) is 16.8 Å². The fraction of sp³-hybridized carbons (Fsp3) is 0.478. The topological polar surface area (TPSA) is 48.5 Å². The number of anilines is 2. The average Bonchev–Trinajstić information content (AvgIpc) is 3.27. The molecule has 1 aromatic carbocycles. The van der Waals surface area contributed by atoms with Crippen molar-refractivity contribution in [3.05, 3.63) is 53.2 Å². The van der Waals surface area contributed by atoms with Crippen molar-refractivity contribution in [2.45, 2.75) is 25.4 Å². The van der Waals surface area contributed by atoms with Crippen molar-refractivity contribution in [2.75, 3.05) is 42.5 Å². The predicted molar refractivity (Wildman–Crippen MR) is 119 cm³/mol. The number of pyridine rings is 1. The Morgan fingerprint density at radius 1 is 1.09 bits per heavy atom. The summed E-state index contributed by atoms with van der Waals surface area (Å²) in [6.07, 6.45) is -1.39. The molecule has 1 aromatic heterocycles. The molecule has 1 atom stereocenters. The van der Waals surface area contributed by atoms with Crippen LogP contribution in [-0.4, -0.2) is 43.6 Å². The van der Waals surface area contributed by atoms with Gasteiger partial charge in [0.25, 0.3) is 0 Å². The molecule has 2 aliphatic rings. The van der Waals surface area contributed by atoms with Crippen LogP contribution in [0.4, 0.5) is 24.7 Å². The van der Waals surface area contributed by atoms with E-state index in [4.69, 9.17) is 11.6 Å². The van der Waals surface area contributed by atoms with Gasteiger partial charge in [-0.1, -0.05) is 29.8 Å². The Kier molecular flexibility index (Phi) is 6.79. The monoisotopic (exact) mass is 466 g/mol. The lowest BCUT2D eigenvalue weighted by molar-refractivity contribution is -0.137. The third-order valence-corrected chi connectivity index (χ3v) is 6.56. The first-order valence-corrected chi connectivity index (χ1v) is 11.2. The van der Waals surface area contributed by atoms with Gasteiger partial charge in [-0.25, -0.2) is 4.98 Å². The molecule has 2 saturated heterocycles. The van der Waals surface area contributed by atoms with Crippen LogP contribution >= 0.6 is 11.6 Å². The van der Waals surface area contributed by atoms with Crippen molar-refractivity contribution < 1.29 is 18.0 Å². The molecule has 3 heterocycles. The molecule has 32 heavy (non-hydrogen) atoms. The fourth-order valence-corrected chi connectivity index (χ4v) is 4.72. The van der Waals surface area contributed by atoms with Crippen molar-refractivity contribution in [1.29, 1.82) is 0 Å². The molecule has 4 rings (SSSR count). The van der Waals surface area contributed by atoms with Gasteiger partial charge in [-0.2, -0.15) is 13.2 Å². The minimum atomic E-state index is -4.47. The Bertz CT molecular complexity index is 933. The van der Waals surface area contributed by atoms with Gasteiger partial charge in [-0.05, 0) is 43.4 Å². The van der Waals surface area contributed by atoms with E-state index in [2.05, 4.69) is 27.3 Å². The Morgan fingerprint density at radius 3 is 2.44 bits per heavy atom. The third kappa shape index (κ3) is 5.28. The lowest BCUT2D eigenvalue weighted by atomic mass is 9.95. The quantitative estimate of drug-likeness (QED) is 0.699. The van der Waals surface area contributed by atoms with E-state index in [0.717, 1.165) is 31.8 Å². The van der Waals surface area contributed by atoms with E-state index in [0.29, 0.717) is 44.2 Å². The number of carbonyl (C=O) groups is 1. The van der Waals surface area contributed by atoms with E-state index in [1.54, 1.807) is 0 Å². The van der Waals surface area contributed by atoms with Crippen LogP contribution in [0.3, 0.4) is 0 Å². The first-order valence-electron chi connectivity index (χ1n) is 10.9. The van der Waals surface area contributed by atoms with Crippen LogP contribution in [0.5, 0.6) is 0 Å². The van der Waals surface area contributed by atoms with Crippen LogP contribution in [0.15, 0.2) is 42.6 Å². The van der Waals surface area contributed by atoms with Crippen LogP contribution in [0.2, 0.25) is 5.02 Å². The van der Waals surface area contributed by atoms with Crippen LogP contribution in [0.1, 0.15) is 24.8 Å². The number of rotatable bonds is 5. The van der Waals surface area contributed by atoms with Crippen molar-refractivity contribution in [3.63, 3.8) is 0 Å². The standard InChI is InChI=1S/C23H26ClF3N4O/c24-20-12-18(23(25,26)27)14-28-21(20)30-10-7-17(8-11-30)22(32)29-13-16-6-9-31(15-16)19-4-2-1-3-5-19/h1-5,12,14,16-17H,6-11,13,15H2,(H,29,32). The molecule has 172 valence electrons. The molecule has 9 heteroatoms. The van der Waals surface area contributed by atoms with Gasteiger partial charge in [0.2, 0.25) is 5.91 Å². The van der Waals surface area contributed by atoms with E-state index >= 15 is 0 Å². The Morgan fingerprint density at radius 2 is 1.78 bits per heavy atom. The predicted octanol–water partition coefficient (Wildman–Crippen LogP) is 4.61. The van der Waals surface area contributed by atoms with Gasteiger partial charge in [0.15, 0.2) is 0 Å². The number of piperidine rings is 1. The molecule has 0 radical (unpaired) electrons. The molecule has 1 amide bonds. The SMILES string of the molecule is O=C(NCC1CCN(c2ccccc2)C1)C1CCN(c2ncc(C(F)(F)F)cc2Cl)CC1. The van der Waals surface area contributed by atoms with Crippen LogP contribution in [0, 0.1) is 11.8 Å². The lowest BCUT2D eigenvalue weighted by Crippen LogP contribution is -2.42. The summed E-state index contributed by atoms with van der Waals surface area (Å²) in [6.45, 7) is 3.64.